The molecule has 7 heteroatoms. The SMILES string of the molecule is Cc1ccc(S(=O)(=O)OCCC2CCN(C(=O)NC(C)C)CC2)cc1. The first kappa shape index (κ1) is 19.7. The number of amides is 2. The molecule has 1 N–H and O–H groups in total. The van der Waals surface area contributed by atoms with Crippen LogP contribution < -0.4 is 5.32 Å². The van der Waals surface area contributed by atoms with E-state index < -0.39 is 10.1 Å². The standard InChI is InChI=1S/C18H28N2O4S/c1-14(2)19-18(21)20-11-8-16(9-12-20)10-13-24-25(22,23)17-6-4-15(3)5-7-17/h4-7,14,16H,8-13H2,1-3H3,(H,19,21). The first-order chi connectivity index (χ1) is 11.8. The van der Waals surface area contributed by atoms with Crippen molar-refractivity contribution < 1.29 is 17.4 Å². The molecule has 2 rings (SSSR count). The van der Waals surface area contributed by atoms with E-state index in [1.165, 1.54) is 0 Å². The second-order valence-corrected chi connectivity index (χ2v) is 8.53. The molecule has 0 spiro atoms. The molecule has 0 saturated carbocycles. The third kappa shape index (κ3) is 6.01. The zero-order valence-electron chi connectivity index (χ0n) is 15.2. The van der Waals surface area contributed by atoms with Crippen molar-refractivity contribution in [3.63, 3.8) is 0 Å². The summed E-state index contributed by atoms with van der Waals surface area (Å²) in [5.41, 5.74) is 1.01. The van der Waals surface area contributed by atoms with E-state index >= 15 is 0 Å². The maximum atomic E-state index is 12.1. The van der Waals surface area contributed by atoms with Gasteiger partial charge < -0.3 is 10.2 Å². The summed E-state index contributed by atoms with van der Waals surface area (Å²) in [6.07, 6.45) is 2.43. The van der Waals surface area contributed by atoms with Crippen LogP contribution in [-0.2, 0) is 14.3 Å². The van der Waals surface area contributed by atoms with Gasteiger partial charge >= 0.3 is 6.03 Å². The summed E-state index contributed by atoms with van der Waals surface area (Å²) < 4.78 is 29.5. The van der Waals surface area contributed by atoms with Crippen LogP contribution in [0.25, 0.3) is 0 Å². The summed E-state index contributed by atoms with van der Waals surface area (Å²) in [4.78, 5) is 14.0. The topological polar surface area (TPSA) is 75.7 Å². The molecule has 1 aliphatic heterocycles. The molecule has 0 aliphatic carbocycles. The van der Waals surface area contributed by atoms with Crippen LogP contribution >= 0.6 is 0 Å². The Morgan fingerprint density at radius 1 is 1.24 bits per heavy atom. The normalized spacial score (nSPS) is 16.2. The molecule has 0 aromatic heterocycles. The number of carbonyl (C=O) groups excluding carboxylic acids is 1. The van der Waals surface area contributed by atoms with Gasteiger partial charge in [0.1, 0.15) is 0 Å². The van der Waals surface area contributed by atoms with Crippen molar-refractivity contribution in [1.82, 2.24) is 10.2 Å². The fraction of sp³-hybridized carbons (Fsp3) is 0.611. The Hall–Kier alpha value is -1.60. The molecule has 1 aliphatic rings. The van der Waals surface area contributed by atoms with Crippen molar-refractivity contribution in [1.29, 1.82) is 0 Å². The lowest BCUT2D eigenvalue weighted by atomic mass is 9.94. The van der Waals surface area contributed by atoms with E-state index in [0.29, 0.717) is 25.4 Å². The Kier molecular flexibility index (Phi) is 6.84. The quantitative estimate of drug-likeness (QED) is 0.784. The average molecular weight is 368 g/mol. The Labute approximate surface area is 150 Å². The van der Waals surface area contributed by atoms with E-state index in [2.05, 4.69) is 5.32 Å². The van der Waals surface area contributed by atoms with E-state index in [1.54, 1.807) is 24.3 Å². The molecule has 1 aromatic rings. The van der Waals surface area contributed by atoms with Gasteiger partial charge in [-0.15, -0.1) is 0 Å². The van der Waals surface area contributed by atoms with Gasteiger partial charge in [-0.1, -0.05) is 17.7 Å². The molecule has 2 amide bonds. The van der Waals surface area contributed by atoms with Gasteiger partial charge in [-0.05, 0) is 58.1 Å². The number of aryl methyl sites for hydroxylation is 1. The number of piperidine rings is 1. The first-order valence-electron chi connectivity index (χ1n) is 8.79. The van der Waals surface area contributed by atoms with Crippen molar-refractivity contribution in [3.05, 3.63) is 29.8 Å². The smallest absolute Gasteiger partial charge is 0.317 e. The highest BCUT2D eigenvalue weighted by Gasteiger charge is 2.23. The van der Waals surface area contributed by atoms with Gasteiger partial charge in [-0.2, -0.15) is 8.42 Å². The molecule has 0 atom stereocenters. The number of carbonyl (C=O) groups is 1. The maximum absolute atomic E-state index is 12.1. The highest BCUT2D eigenvalue weighted by molar-refractivity contribution is 7.86. The highest BCUT2D eigenvalue weighted by Crippen LogP contribution is 2.22. The number of hydrogen-bond acceptors (Lipinski definition) is 4. The zero-order valence-corrected chi connectivity index (χ0v) is 16.0. The van der Waals surface area contributed by atoms with Crippen LogP contribution in [0.5, 0.6) is 0 Å². The van der Waals surface area contributed by atoms with Crippen molar-refractivity contribution in [3.8, 4) is 0 Å². The van der Waals surface area contributed by atoms with Crippen LogP contribution in [0.2, 0.25) is 0 Å². The molecular formula is C18H28N2O4S. The summed E-state index contributed by atoms with van der Waals surface area (Å²) in [5, 5.41) is 2.90. The fourth-order valence-electron chi connectivity index (χ4n) is 2.86. The molecule has 1 heterocycles. The minimum absolute atomic E-state index is 0.0216. The van der Waals surface area contributed by atoms with Gasteiger partial charge in [0.05, 0.1) is 11.5 Å². The molecule has 1 fully saturated rings. The van der Waals surface area contributed by atoms with Gasteiger partial charge in [0.2, 0.25) is 0 Å². The fourth-order valence-corrected chi connectivity index (χ4v) is 3.78. The van der Waals surface area contributed by atoms with E-state index in [9.17, 15) is 13.2 Å². The second-order valence-electron chi connectivity index (χ2n) is 6.91. The number of nitrogens with zero attached hydrogens (tertiary/aromatic N) is 1. The first-order valence-corrected chi connectivity index (χ1v) is 10.2. The van der Waals surface area contributed by atoms with Crippen LogP contribution in [0.4, 0.5) is 4.79 Å². The van der Waals surface area contributed by atoms with Crippen LogP contribution in [0.15, 0.2) is 29.2 Å². The van der Waals surface area contributed by atoms with Crippen LogP contribution in [-0.4, -0.2) is 45.1 Å². The molecule has 1 aromatic carbocycles. The lowest BCUT2D eigenvalue weighted by molar-refractivity contribution is 0.159. The Balaban J connectivity index is 1.74. The number of rotatable bonds is 6. The molecule has 140 valence electrons. The predicted molar refractivity (Wildman–Crippen MR) is 96.9 cm³/mol. The van der Waals surface area contributed by atoms with Crippen molar-refractivity contribution in [2.45, 2.75) is 51.0 Å². The summed E-state index contributed by atoms with van der Waals surface area (Å²) >= 11 is 0. The van der Waals surface area contributed by atoms with Crippen LogP contribution in [0, 0.1) is 12.8 Å². The zero-order chi connectivity index (χ0) is 18.4. The van der Waals surface area contributed by atoms with Crippen LogP contribution in [0.3, 0.4) is 0 Å². The predicted octanol–water partition coefficient (Wildman–Crippen LogP) is 2.92. The molecule has 0 unspecified atom stereocenters. The summed E-state index contributed by atoms with van der Waals surface area (Å²) in [7, 11) is -3.69. The number of urea groups is 1. The minimum atomic E-state index is -3.69. The molecule has 6 nitrogen and oxygen atoms in total. The van der Waals surface area contributed by atoms with Gasteiger partial charge in [-0.3, -0.25) is 4.18 Å². The third-order valence-corrected chi connectivity index (χ3v) is 5.71. The summed E-state index contributed by atoms with van der Waals surface area (Å²) in [5.74, 6) is 0.385. The van der Waals surface area contributed by atoms with Crippen molar-refractivity contribution in [2.75, 3.05) is 19.7 Å². The third-order valence-electron chi connectivity index (χ3n) is 4.39. The van der Waals surface area contributed by atoms with Crippen molar-refractivity contribution in [2.24, 2.45) is 5.92 Å². The van der Waals surface area contributed by atoms with E-state index in [0.717, 1.165) is 18.4 Å². The molecule has 1 saturated heterocycles. The summed E-state index contributed by atoms with van der Waals surface area (Å²) in [6.45, 7) is 7.37. The van der Waals surface area contributed by atoms with Crippen LogP contribution in [0.1, 0.15) is 38.7 Å². The van der Waals surface area contributed by atoms with E-state index in [4.69, 9.17) is 4.18 Å². The number of likely N-dealkylation sites (tertiary alicyclic amines) is 1. The largest absolute Gasteiger partial charge is 0.336 e. The second kappa shape index (κ2) is 8.67. The molecule has 0 bridgehead atoms. The van der Waals surface area contributed by atoms with E-state index in [-0.39, 0.29) is 23.6 Å². The minimum Gasteiger partial charge on any atom is -0.336 e. The lowest BCUT2D eigenvalue weighted by Gasteiger charge is -2.32. The van der Waals surface area contributed by atoms with Gasteiger partial charge in [0.25, 0.3) is 10.1 Å². The van der Waals surface area contributed by atoms with Gasteiger partial charge in [-0.25, -0.2) is 4.79 Å². The Bertz CT molecular complexity index is 663. The van der Waals surface area contributed by atoms with Gasteiger partial charge in [0, 0.05) is 19.1 Å². The number of nitrogens with one attached hydrogen (secondary N) is 1. The Morgan fingerprint density at radius 3 is 2.40 bits per heavy atom. The molecular weight excluding hydrogens is 340 g/mol. The number of benzene rings is 1. The van der Waals surface area contributed by atoms with E-state index in [1.807, 2.05) is 25.7 Å². The van der Waals surface area contributed by atoms with Crippen molar-refractivity contribution >= 4 is 16.1 Å². The maximum Gasteiger partial charge on any atom is 0.317 e. The average Bonchev–Trinajstić information content (AvgIpc) is 2.55. The molecule has 25 heavy (non-hydrogen) atoms. The van der Waals surface area contributed by atoms with Gasteiger partial charge in [0.15, 0.2) is 0 Å². The number of hydrogen-bond donors (Lipinski definition) is 1. The molecule has 0 radical (unpaired) electrons. The Morgan fingerprint density at radius 2 is 1.84 bits per heavy atom. The highest BCUT2D eigenvalue weighted by atomic mass is 32.2. The lowest BCUT2D eigenvalue weighted by Crippen LogP contribution is -2.46. The monoisotopic (exact) mass is 368 g/mol. The summed E-state index contributed by atoms with van der Waals surface area (Å²) in [6, 6.07) is 6.76.